The number of aromatic nitrogens is 3. The smallest absolute Gasteiger partial charge is 0.137 e. The van der Waals surface area contributed by atoms with Gasteiger partial charge in [0.05, 0.1) is 0 Å². The second kappa shape index (κ2) is 4.97. The zero-order valence-electron chi connectivity index (χ0n) is 8.54. The summed E-state index contributed by atoms with van der Waals surface area (Å²) in [5.41, 5.74) is 0. The lowest BCUT2D eigenvalue weighted by Gasteiger charge is -2.16. The molecule has 0 aliphatic carbocycles. The standard InChI is InChI=1S/C9H18N4/c1-7(2)8(3)10-5-4-9-11-6-12-13-9/h6-8,10H,4-5H2,1-3H3,(H,11,12,13). The summed E-state index contributed by atoms with van der Waals surface area (Å²) in [5, 5.41) is 10.1. The molecule has 0 bridgehead atoms. The van der Waals surface area contributed by atoms with Crippen molar-refractivity contribution in [3.8, 4) is 0 Å². The molecule has 4 heteroatoms. The lowest BCUT2D eigenvalue weighted by Crippen LogP contribution is -2.32. The van der Waals surface area contributed by atoms with Gasteiger partial charge in [-0.05, 0) is 12.8 Å². The molecule has 0 radical (unpaired) electrons. The SMILES string of the molecule is CC(C)C(C)NCCc1ncn[nH]1. The summed E-state index contributed by atoms with van der Waals surface area (Å²) in [7, 11) is 0. The van der Waals surface area contributed by atoms with Crippen molar-refractivity contribution in [3.63, 3.8) is 0 Å². The van der Waals surface area contributed by atoms with Gasteiger partial charge in [0.15, 0.2) is 0 Å². The van der Waals surface area contributed by atoms with Gasteiger partial charge in [0.25, 0.3) is 0 Å². The van der Waals surface area contributed by atoms with E-state index in [0.717, 1.165) is 18.8 Å². The molecule has 0 aliphatic rings. The van der Waals surface area contributed by atoms with E-state index >= 15 is 0 Å². The van der Waals surface area contributed by atoms with E-state index in [4.69, 9.17) is 0 Å². The van der Waals surface area contributed by atoms with E-state index in [2.05, 4.69) is 41.3 Å². The Hall–Kier alpha value is -0.900. The van der Waals surface area contributed by atoms with E-state index in [1.807, 2.05) is 0 Å². The monoisotopic (exact) mass is 182 g/mol. The molecule has 1 atom stereocenters. The highest BCUT2D eigenvalue weighted by atomic mass is 15.2. The Balaban J connectivity index is 2.14. The maximum Gasteiger partial charge on any atom is 0.137 e. The van der Waals surface area contributed by atoms with Gasteiger partial charge < -0.3 is 5.32 Å². The van der Waals surface area contributed by atoms with Crippen molar-refractivity contribution in [1.82, 2.24) is 20.5 Å². The molecule has 1 aromatic heterocycles. The molecule has 13 heavy (non-hydrogen) atoms. The first kappa shape index (κ1) is 10.2. The van der Waals surface area contributed by atoms with Crippen LogP contribution in [0.25, 0.3) is 0 Å². The van der Waals surface area contributed by atoms with E-state index in [-0.39, 0.29) is 0 Å². The molecule has 74 valence electrons. The number of hydrogen-bond donors (Lipinski definition) is 2. The highest BCUT2D eigenvalue weighted by molar-refractivity contribution is 4.81. The number of nitrogens with one attached hydrogen (secondary N) is 2. The number of aromatic amines is 1. The van der Waals surface area contributed by atoms with Crippen LogP contribution in [0.5, 0.6) is 0 Å². The molecular weight excluding hydrogens is 164 g/mol. The quantitative estimate of drug-likeness (QED) is 0.713. The molecule has 0 spiro atoms. The minimum absolute atomic E-state index is 0.558. The number of nitrogens with zero attached hydrogens (tertiary/aromatic N) is 2. The zero-order valence-corrected chi connectivity index (χ0v) is 8.54. The average Bonchev–Trinajstić information content (AvgIpc) is 2.56. The number of rotatable bonds is 5. The van der Waals surface area contributed by atoms with Crippen LogP contribution in [-0.4, -0.2) is 27.8 Å². The molecule has 0 saturated heterocycles. The fourth-order valence-corrected chi connectivity index (χ4v) is 1.01. The summed E-state index contributed by atoms with van der Waals surface area (Å²) in [6.07, 6.45) is 2.46. The first-order valence-electron chi connectivity index (χ1n) is 4.77. The van der Waals surface area contributed by atoms with Crippen molar-refractivity contribution in [3.05, 3.63) is 12.2 Å². The second-order valence-corrected chi connectivity index (χ2v) is 3.67. The van der Waals surface area contributed by atoms with Gasteiger partial charge in [-0.2, -0.15) is 5.10 Å². The molecule has 0 amide bonds. The van der Waals surface area contributed by atoms with E-state index in [1.54, 1.807) is 6.33 Å². The molecule has 1 unspecified atom stereocenters. The van der Waals surface area contributed by atoms with Crippen LogP contribution in [0.4, 0.5) is 0 Å². The summed E-state index contributed by atoms with van der Waals surface area (Å²) >= 11 is 0. The van der Waals surface area contributed by atoms with Crippen LogP contribution in [-0.2, 0) is 6.42 Å². The minimum Gasteiger partial charge on any atom is -0.314 e. The van der Waals surface area contributed by atoms with Gasteiger partial charge in [-0.15, -0.1) is 0 Å². The highest BCUT2D eigenvalue weighted by Crippen LogP contribution is 1.99. The normalized spacial score (nSPS) is 13.5. The van der Waals surface area contributed by atoms with Crippen molar-refractivity contribution in [2.45, 2.75) is 33.2 Å². The van der Waals surface area contributed by atoms with Gasteiger partial charge in [-0.1, -0.05) is 13.8 Å². The number of hydrogen-bond acceptors (Lipinski definition) is 3. The summed E-state index contributed by atoms with van der Waals surface area (Å²) in [6.45, 7) is 7.58. The highest BCUT2D eigenvalue weighted by Gasteiger charge is 2.05. The van der Waals surface area contributed by atoms with Crippen molar-refractivity contribution < 1.29 is 0 Å². The van der Waals surface area contributed by atoms with Crippen LogP contribution in [0.1, 0.15) is 26.6 Å². The maximum absolute atomic E-state index is 4.05. The predicted octanol–water partition coefficient (Wildman–Crippen LogP) is 0.981. The van der Waals surface area contributed by atoms with Crippen LogP contribution in [0.15, 0.2) is 6.33 Å². The minimum atomic E-state index is 0.558. The molecular formula is C9H18N4. The summed E-state index contributed by atoms with van der Waals surface area (Å²) < 4.78 is 0. The fourth-order valence-electron chi connectivity index (χ4n) is 1.01. The van der Waals surface area contributed by atoms with Gasteiger partial charge in [0.1, 0.15) is 12.2 Å². The first-order valence-corrected chi connectivity index (χ1v) is 4.77. The van der Waals surface area contributed by atoms with Crippen molar-refractivity contribution >= 4 is 0 Å². The first-order chi connectivity index (χ1) is 6.20. The molecule has 2 N–H and O–H groups in total. The van der Waals surface area contributed by atoms with Gasteiger partial charge >= 0.3 is 0 Å². The Kier molecular flexibility index (Phi) is 3.89. The van der Waals surface area contributed by atoms with Gasteiger partial charge in [0, 0.05) is 19.0 Å². The molecule has 0 aliphatic heterocycles. The Morgan fingerprint density at radius 1 is 1.46 bits per heavy atom. The van der Waals surface area contributed by atoms with Gasteiger partial charge in [-0.3, -0.25) is 5.10 Å². The van der Waals surface area contributed by atoms with E-state index in [0.29, 0.717) is 12.0 Å². The van der Waals surface area contributed by atoms with E-state index in [9.17, 15) is 0 Å². The molecule has 0 aromatic carbocycles. The van der Waals surface area contributed by atoms with Crippen molar-refractivity contribution in [1.29, 1.82) is 0 Å². The third-order valence-corrected chi connectivity index (χ3v) is 2.29. The van der Waals surface area contributed by atoms with E-state index < -0.39 is 0 Å². The average molecular weight is 182 g/mol. The van der Waals surface area contributed by atoms with Crippen LogP contribution < -0.4 is 5.32 Å². The molecule has 0 saturated carbocycles. The van der Waals surface area contributed by atoms with Crippen LogP contribution in [0.3, 0.4) is 0 Å². The summed E-state index contributed by atoms with van der Waals surface area (Å²) in [5.74, 6) is 1.62. The van der Waals surface area contributed by atoms with Crippen molar-refractivity contribution in [2.24, 2.45) is 5.92 Å². The third kappa shape index (κ3) is 3.55. The Morgan fingerprint density at radius 2 is 2.23 bits per heavy atom. The second-order valence-electron chi connectivity index (χ2n) is 3.67. The lowest BCUT2D eigenvalue weighted by atomic mass is 10.1. The Labute approximate surface area is 79.2 Å². The lowest BCUT2D eigenvalue weighted by molar-refractivity contribution is 0.428. The largest absolute Gasteiger partial charge is 0.314 e. The molecule has 4 nitrogen and oxygen atoms in total. The maximum atomic E-state index is 4.05. The fraction of sp³-hybridized carbons (Fsp3) is 0.778. The van der Waals surface area contributed by atoms with Crippen molar-refractivity contribution in [2.75, 3.05) is 6.54 Å². The third-order valence-electron chi connectivity index (χ3n) is 2.29. The molecule has 1 rings (SSSR count). The molecule has 0 fully saturated rings. The zero-order chi connectivity index (χ0) is 9.68. The summed E-state index contributed by atoms with van der Waals surface area (Å²) in [4.78, 5) is 4.05. The molecule has 1 aromatic rings. The van der Waals surface area contributed by atoms with Gasteiger partial charge in [-0.25, -0.2) is 4.98 Å². The summed E-state index contributed by atoms with van der Waals surface area (Å²) in [6, 6.07) is 0.558. The van der Waals surface area contributed by atoms with E-state index in [1.165, 1.54) is 0 Å². The molecule has 1 heterocycles. The number of H-pyrrole nitrogens is 1. The topological polar surface area (TPSA) is 53.6 Å². The Bertz CT molecular complexity index is 218. The van der Waals surface area contributed by atoms with Crippen LogP contribution in [0, 0.1) is 5.92 Å². The predicted molar refractivity (Wildman–Crippen MR) is 52.4 cm³/mol. The van der Waals surface area contributed by atoms with Crippen LogP contribution >= 0.6 is 0 Å². The van der Waals surface area contributed by atoms with Gasteiger partial charge in [0.2, 0.25) is 0 Å². The Morgan fingerprint density at radius 3 is 2.77 bits per heavy atom. The van der Waals surface area contributed by atoms with Crippen LogP contribution in [0.2, 0.25) is 0 Å².